The van der Waals surface area contributed by atoms with E-state index in [2.05, 4.69) is 5.32 Å². The van der Waals surface area contributed by atoms with Gasteiger partial charge in [-0.05, 0) is 41.3 Å². The molecule has 1 heterocycles. The Balaban J connectivity index is 1.65. The fourth-order valence-electron chi connectivity index (χ4n) is 2.60. The van der Waals surface area contributed by atoms with Crippen molar-refractivity contribution >= 4 is 11.6 Å². The van der Waals surface area contributed by atoms with Gasteiger partial charge in [-0.2, -0.15) is 0 Å². The normalized spacial score (nSPS) is 14.5. The van der Waals surface area contributed by atoms with Crippen molar-refractivity contribution in [3.05, 3.63) is 65.0 Å². The molecule has 3 nitrogen and oxygen atoms in total. The van der Waals surface area contributed by atoms with Crippen molar-refractivity contribution in [1.82, 2.24) is 0 Å². The molecule has 4 heteroatoms. The van der Waals surface area contributed by atoms with Crippen LogP contribution in [0.15, 0.2) is 42.5 Å². The van der Waals surface area contributed by atoms with Crippen LogP contribution in [0.3, 0.4) is 0 Å². The summed E-state index contributed by atoms with van der Waals surface area (Å²) in [5.41, 5.74) is 3.60. The van der Waals surface area contributed by atoms with Crippen LogP contribution in [0, 0.1) is 11.7 Å². The molecule has 1 unspecified atom stereocenters. The van der Waals surface area contributed by atoms with Crippen molar-refractivity contribution in [2.45, 2.75) is 26.6 Å². The molecule has 1 amide bonds. The van der Waals surface area contributed by atoms with Crippen LogP contribution in [0.2, 0.25) is 0 Å². The van der Waals surface area contributed by atoms with Crippen LogP contribution in [0.25, 0.3) is 0 Å². The van der Waals surface area contributed by atoms with Crippen LogP contribution >= 0.6 is 0 Å². The highest BCUT2D eigenvalue weighted by atomic mass is 19.1. The second-order valence-corrected chi connectivity index (χ2v) is 5.66. The van der Waals surface area contributed by atoms with Crippen molar-refractivity contribution in [2.75, 3.05) is 5.32 Å². The number of rotatable bonds is 4. The molecule has 1 aliphatic heterocycles. The Labute approximate surface area is 129 Å². The first-order valence-corrected chi connectivity index (χ1v) is 7.37. The quantitative estimate of drug-likeness (QED) is 0.935. The number of hydrogen-bond donors (Lipinski definition) is 1. The maximum absolute atomic E-state index is 13.6. The Hall–Kier alpha value is -2.20. The lowest BCUT2D eigenvalue weighted by molar-refractivity contribution is -0.119. The van der Waals surface area contributed by atoms with Gasteiger partial charge < -0.3 is 10.1 Å². The third-order valence-electron chi connectivity index (χ3n) is 3.92. The Bertz CT molecular complexity index is 699. The lowest BCUT2D eigenvalue weighted by atomic mass is 9.99. The SMILES string of the molecule is CC(Cc1ccccc1F)C(=O)Nc1ccc2c(c1)COC2. The second kappa shape index (κ2) is 6.28. The van der Waals surface area contributed by atoms with Gasteiger partial charge in [-0.15, -0.1) is 0 Å². The molecule has 1 atom stereocenters. The lowest BCUT2D eigenvalue weighted by Crippen LogP contribution is -2.22. The number of fused-ring (bicyclic) bond motifs is 1. The highest BCUT2D eigenvalue weighted by Gasteiger charge is 2.17. The largest absolute Gasteiger partial charge is 0.372 e. The molecule has 0 aromatic heterocycles. The van der Waals surface area contributed by atoms with Gasteiger partial charge in [0.05, 0.1) is 13.2 Å². The van der Waals surface area contributed by atoms with E-state index in [1.54, 1.807) is 25.1 Å². The van der Waals surface area contributed by atoms with Gasteiger partial charge in [-0.1, -0.05) is 31.2 Å². The van der Waals surface area contributed by atoms with Crippen LogP contribution < -0.4 is 5.32 Å². The first-order valence-electron chi connectivity index (χ1n) is 7.37. The second-order valence-electron chi connectivity index (χ2n) is 5.66. The average Bonchev–Trinajstić information content (AvgIpc) is 2.97. The van der Waals surface area contributed by atoms with E-state index in [1.165, 1.54) is 6.07 Å². The van der Waals surface area contributed by atoms with Gasteiger partial charge in [0.25, 0.3) is 0 Å². The maximum atomic E-state index is 13.6. The van der Waals surface area contributed by atoms with Crippen LogP contribution in [0.1, 0.15) is 23.6 Å². The van der Waals surface area contributed by atoms with E-state index in [0.29, 0.717) is 25.2 Å². The summed E-state index contributed by atoms with van der Waals surface area (Å²) in [6.07, 6.45) is 0.382. The molecule has 114 valence electrons. The Morgan fingerprint density at radius 2 is 2.00 bits per heavy atom. The van der Waals surface area contributed by atoms with Gasteiger partial charge in [0.2, 0.25) is 5.91 Å². The molecular weight excluding hydrogens is 281 g/mol. The summed E-state index contributed by atoms with van der Waals surface area (Å²) in [5.74, 6) is -0.680. The molecule has 0 radical (unpaired) electrons. The minimum atomic E-state index is -0.304. The number of halogens is 1. The highest BCUT2D eigenvalue weighted by Crippen LogP contribution is 2.23. The molecule has 0 bridgehead atoms. The molecule has 0 spiro atoms. The van der Waals surface area contributed by atoms with Gasteiger partial charge in [-0.3, -0.25) is 4.79 Å². The molecule has 0 saturated carbocycles. The van der Waals surface area contributed by atoms with Crippen molar-refractivity contribution in [3.63, 3.8) is 0 Å². The van der Waals surface area contributed by atoms with Crippen LogP contribution in [-0.4, -0.2) is 5.91 Å². The molecule has 3 rings (SSSR count). The van der Waals surface area contributed by atoms with Gasteiger partial charge in [0.15, 0.2) is 0 Å². The molecule has 1 aliphatic rings. The summed E-state index contributed by atoms with van der Waals surface area (Å²) >= 11 is 0. The summed E-state index contributed by atoms with van der Waals surface area (Å²) in [6, 6.07) is 12.3. The molecular formula is C18H18FNO2. The lowest BCUT2D eigenvalue weighted by Gasteiger charge is -2.13. The standard InChI is InChI=1S/C18H18FNO2/c1-12(8-13-4-2-3-5-17(13)19)18(21)20-16-7-6-14-10-22-11-15(14)9-16/h2-7,9,12H,8,10-11H2,1H3,(H,20,21). The number of carbonyl (C=O) groups is 1. The molecule has 0 fully saturated rings. The number of carbonyl (C=O) groups excluding carboxylic acids is 1. The van der Waals surface area contributed by atoms with Crippen LogP contribution in [0.5, 0.6) is 0 Å². The van der Waals surface area contributed by atoms with Crippen molar-refractivity contribution in [2.24, 2.45) is 5.92 Å². The van der Waals surface area contributed by atoms with Crippen molar-refractivity contribution < 1.29 is 13.9 Å². The molecule has 22 heavy (non-hydrogen) atoms. The first kappa shape index (κ1) is 14.7. The number of nitrogens with one attached hydrogen (secondary N) is 1. The molecule has 1 N–H and O–H groups in total. The summed E-state index contributed by atoms with van der Waals surface area (Å²) in [7, 11) is 0. The predicted octanol–water partition coefficient (Wildman–Crippen LogP) is 3.67. The zero-order valence-corrected chi connectivity index (χ0v) is 12.4. The molecule has 2 aromatic rings. The molecule has 0 aliphatic carbocycles. The number of hydrogen-bond acceptors (Lipinski definition) is 2. The van der Waals surface area contributed by atoms with E-state index >= 15 is 0 Å². The van der Waals surface area contributed by atoms with E-state index in [0.717, 1.165) is 16.8 Å². The van der Waals surface area contributed by atoms with Crippen LogP contribution in [0.4, 0.5) is 10.1 Å². The maximum Gasteiger partial charge on any atom is 0.227 e. The summed E-state index contributed by atoms with van der Waals surface area (Å²) < 4.78 is 19.0. The Morgan fingerprint density at radius 1 is 1.23 bits per heavy atom. The van der Waals surface area contributed by atoms with E-state index in [9.17, 15) is 9.18 Å². The van der Waals surface area contributed by atoms with E-state index < -0.39 is 0 Å². The molecule has 0 saturated heterocycles. The Morgan fingerprint density at radius 3 is 2.82 bits per heavy atom. The number of amides is 1. The highest BCUT2D eigenvalue weighted by molar-refractivity contribution is 5.92. The van der Waals surface area contributed by atoms with Gasteiger partial charge in [0, 0.05) is 11.6 Å². The van der Waals surface area contributed by atoms with Crippen molar-refractivity contribution in [1.29, 1.82) is 0 Å². The fraction of sp³-hybridized carbons (Fsp3) is 0.278. The predicted molar refractivity (Wildman–Crippen MR) is 82.8 cm³/mol. The van der Waals surface area contributed by atoms with Gasteiger partial charge >= 0.3 is 0 Å². The van der Waals surface area contributed by atoms with E-state index in [1.807, 2.05) is 18.2 Å². The minimum Gasteiger partial charge on any atom is -0.372 e. The van der Waals surface area contributed by atoms with E-state index in [4.69, 9.17) is 4.74 Å². The average molecular weight is 299 g/mol. The summed E-state index contributed by atoms with van der Waals surface area (Å²) in [6.45, 7) is 3.02. The number of ether oxygens (including phenoxy) is 1. The third-order valence-corrected chi connectivity index (χ3v) is 3.92. The van der Waals surface area contributed by atoms with Crippen LogP contribution in [-0.2, 0) is 29.2 Å². The number of anilines is 1. The minimum absolute atomic E-state index is 0.109. The Kier molecular flexibility index (Phi) is 4.20. The fourth-order valence-corrected chi connectivity index (χ4v) is 2.60. The topological polar surface area (TPSA) is 38.3 Å². The number of benzene rings is 2. The smallest absolute Gasteiger partial charge is 0.227 e. The van der Waals surface area contributed by atoms with Gasteiger partial charge in [-0.25, -0.2) is 4.39 Å². The first-order chi connectivity index (χ1) is 10.6. The summed E-state index contributed by atoms with van der Waals surface area (Å²) in [5, 5.41) is 2.89. The molecule has 2 aromatic carbocycles. The zero-order valence-electron chi connectivity index (χ0n) is 12.4. The van der Waals surface area contributed by atoms with E-state index in [-0.39, 0.29) is 17.6 Å². The van der Waals surface area contributed by atoms with Crippen molar-refractivity contribution in [3.8, 4) is 0 Å². The third kappa shape index (κ3) is 3.17. The zero-order chi connectivity index (χ0) is 15.5. The summed E-state index contributed by atoms with van der Waals surface area (Å²) in [4.78, 5) is 12.3. The monoisotopic (exact) mass is 299 g/mol. The van der Waals surface area contributed by atoms with Gasteiger partial charge in [0.1, 0.15) is 5.82 Å².